The molecule has 2 unspecified atom stereocenters. The van der Waals surface area contributed by atoms with Gasteiger partial charge in [-0.2, -0.15) is 11.8 Å². The molecule has 1 fully saturated rings. The van der Waals surface area contributed by atoms with Crippen molar-refractivity contribution >= 4 is 23.6 Å². The van der Waals surface area contributed by atoms with E-state index in [1.807, 2.05) is 25.6 Å². The van der Waals surface area contributed by atoms with Crippen LogP contribution in [0.15, 0.2) is 4.99 Å². The van der Waals surface area contributed by atoms with Crippen LogP contribution in [0.25, 0.3) is 0 Å². The van der Waals surface area contributed by atoms with E-state index in [0.717, 1.165) is 17.9 Å². The van der Waals surface area contributed by atoms with Gasteiger partial charge in [-0.3, -0.25) is 10.1 Å². The minimum atomic E-state index is -0.152. The Morgan fingerprint density at radius 1 is 1.60 bits per heavy atom. The molecule has 0 bridgehead atoms. The SMILES string of the molecule is CC(C)NC1=NC(C2CCSC2)C(=O)N1. The average Bonchev–Trinajstić information content (AvgIpc) is 2.72. The number of thioether (sulfide) groups is 1. The molecule has 0 aromatic carbocycles. The lowest BCUT2D eigenvalue weighted by molar-refractivity contribution is -0.120. The maximum atomic E-state index is 11.7. The maximum Gasteiger partial charge on any atom is 0.251 e. The van der Waals surface area contributed by atoms with E-state index in [4.69, 9.17) is 0 Å². The predicted octanol–water partition coefficient (Wildman–Crippen LogP) is 0.592. The number of aliphatic imine (C=N–C) groups is 1. The van der Waals surface area contributed by atoms with Gasteiger partial charge in [0.1, 0.15) is 6.04 Å². The Morgan fingerprint density at radius 2 is 2.40 bits per heavy atom. The monoisotopic (exact) mass is 227 g/mol. The molecular formula is C10H17N3OS. The van der Waals surface area contributed by atoms with Gasteiger partial charge in [0.05, 0.1) is 0 Å². The fourth-order valence-corrected chi connectivity index (χ4v) is 3.18. The van der Waals surface area contributed by atoms with Crippen LogP contribution in [0.1, 0.15) is 20.3 Å². The quantitative estimate of drug-likeness (QED) is 0.726. The number of nitrogens with zero attached hydrogens (tertiary/aromatic N) is 1. The number of hydrogen-bond acceptors (Lipinski definition) is 4. The average molecular weight is 227 g/mol. The van der Waals surface area contributed by atoms with E-state index in [2.05, 4.69) is 15.6 Å². The molecule has 4 nitrogen and oxygen atoms in total. The zero-order valence-corrected chi connectivity index (χ0v) is 9.93. The molecular weight excluding hydrogens is 210 g/mol. The molecule has 2 N–H and O–H groups in total. The fraction of sp³-hybridized carbons (Fsp3) is 0.800. The number of nitrogens with one attached hydrogen (secondary N) is 2. The molecule has 2 heterocycles. The summed E-state index contributed by atoms with van der Waals surface area (Å²) < 4.78 is 0. The third-order valence-electron chi connectivity index (χ3n) is 2.62. The topological polar surface area (TPSA) is 53.5 Å². The molecule has 0 aliphatic carbocycles. The first-order valence-electron chi connectivity index (χ1n) is 5.40. The van der Waals surface area contributed by atoms with E-state index < -0.39 is 0 Å². The van der Waals surface area contributed by atoms with E-state index in [9.17, 15) is 4.79 Å². The zero-order valence-electron chi connectivity index (χ0n) is 9.12. The standard InChI is InChI=1S/C10H17N3OS/c1-6(2)11-10-12-8(9(14)13-10)7-3-4-15-5-7/h6-8H,3-5H2,1-2H3,(H2,11,12,13,14). The summed E-state index contributed by atoms with van der Waals surface area (Å²) >= 11 is 1.92. The number of guanidine groups is 1. The molecule has 2 atom stereocenters. The first kappa shape index (κ1) is 10.8. The number of rotatable bonds is 2. The highest BCUT2D eigenvalue weighted by atomic mass is 32.2. The van der Waals surface area contributed by atoms with Crippen LogP contribution < -0.4 is 10.6 Å². The highest BCUT2D eigenvalue weighted by Gasteiger charge is 2.35. The first-order chi connectivity index (χ1) is 7.16. The smallest absolute Gasteiger partial charge is 0.251 e. The number of hydrogen-bond donors (Lipinski definition) is 2. The number of carbonyl (C=O) groups excluding carboxylic acids is 1. The van der Waals surface area contributed by atoms with Gasteiger partial charge in [0, 0.05) is 12.0 Å². The molecule has 1 amide bonds. The summed E-state index contributed by atoms with van der Waals surface area (Å²) in [6.45, 7) is 4.07. The van der Waals surface area contributed by atoms with E-state index >= 15 is 0 Å². The third-order valence-corrected chi connectivity index (χ3v) is 3.80. The van der Waals surface area contributed by atoms with Gasteiger partial charge in [-0.15, -0.1) is 0 Å². The van der Waals surface area contributed by atoms with Crippen molar-refractivity contribution in [3.05, 3.63) is 0 Å². The summed E-state index contributed by atoms with van der Waals surface area (Å²) in [7, 11) is 0. The van der Waals surface area contributed by atoms with Gasteiger partial charge in [-0.25, -0.2) is 4.99 Å². The van der Waals surface area contributed by atoms with Gasteiger partial charge in [0.2, 0.25) is 0 Å². The Hall–Kier alpha value is -0.710. The Bertz CT molecular complexity index is 284. The van der Waals surface area contributed by atoms with Crippen molar-refractivity contribution in [1.29, 1.82) is 0 Å². The summed E-state index contributed by atoms with van der Waals surface area (Å²) in [5.41, 5.74) is 0. The first-order valence-corrected chi connectivity index (χ1v) is 6.55. The summed E-state index contributed by atoms with van der Waals surface area (Å²) in [4.78, 5) is 16.1. The van der Waals surface area contributed by atoms with Crippen LogP contribution >= 0.6 is 11.8 Å². The normalized spacial score (nSPS) is 30.6. The highest BCUT2D eigenvalue weighted by molar-refractivity contribution is 7.99. The molecule has 2 aliphatic rings. The molecule has 2 aliphatic heterocycles. The molecule has 0 saturated carbocycles. The van der Waals surface area contributed by atoms with Gasteiger partial charge >= 0.3 is 0 Å². The van der Waals surface area contributed by atoms with E-state index in [1.54, 1.807) is 0 Å². The van der Waals surface area contributed by atoms with Crippen LogP contribution in [0.2, 0.25) is 0 Å². The summed E-state index contributed by atoms with van der Waals surface area (Å²) in [6, 6.07) is 0.155. The van der Waals surface area contributed by atoms with Crippen molar-refractivity contribution < 1.29 is 4.79 Å². The van der Waals surface area contributed by atoms with Crippen molar-refractivity contribution in [1.82, 2.24) is 10.6 Å². The fourth-order valence-electron chi connectivity index (χ4n) is 1.89. The minimum Gasteiger partial charge on any atom is -0.354 e. The van der Waals surface area contributed by atoms with Crippen molar-refractivity contribution in [2.24, 2.45) is 10.9 Å². The molecule has 0 aromatic heterocycles. The molecule has 0 radical (unpaired) electrons. The van der Waals surface area contributed by atoms with E-state index in [1.165, 1.54) is 0 Å². The summed E-state index contributed by atoms with van der Waals surface area (Å²) in [6.07, 6.45) is 1.11. The number of amides is 1. The molecule has 1 saturated heterocycles. The van der Waals surface area contributed by atoms with Crippen LogP contribution in [-0.4, -0.2) is 35.5 Å². The van der Waals surface area contributed by atoms with Crippen molar-refractivity contribution in [2.75, 3.05) is 11.5 Å². The lowest BCUT2D eigenvalue weighted by Gasteiger charge is -2.10. The van der Waals surface area contributed by atoms with Gasteiger partial charge in [0.15, 0.2) is 5.96 Å². The Labute approximate surface area is 94.3 Å². The summed E-state index contributed by atoms with van der Waals surface area (Å²) in [5, 5.41) is 5.94. The Balaban J connectivity index is 1.99. The second-order valence-electron chi connectivity index (χ2n) is 4.33. The molecule has 0 aromatic rings. The summed E-state index contributed by atoms with van der Waals surface area (Å²) in [5.74, 6) is 3.37. The largest absolute Gasteiger partial charge is 0.354 e. The van der Waals surface area contributed by atoms with Crippen LogP contribution in [0, 0.1) is 5.92 Å². The van der Waals surface area contributed by atoms with Gasteiger partial charge in [-0.1, -0.05) is 0 Å². The van der Waals surface area contributed by atoms with Gasteiger partial charge in [-0.05, 0) is 31.8 Å². The zero-order chi connectivity index (χ0) is 10.8. The second kappa shape index (κ2) is 4.43. The van der Waals surface area contributed by atoms with E-state index in [-0.39, 0.29) is 11.9 Å². The Morgan fingerprint density at radius 3 is 3.00 bits per heavy atom. The Kier molecular flexibility index (Phi) is 3.19. The third kappa shape index (κ3) is 2.45. The molecule has 2 rings (SSSR count). The van der Waals surface area contributed by atoms with Gasteiger partial charge in [0.25, 0.3) is 5.91 Å². The van der Waals surface area contributed by atoms with Crippen LogP contribution in [0.5, 0.6) is 0 Å². The lowest BCUT2D eigenvalue weighted by Crippen LogP contribution is -2.41. The molecule has 84 valence electrons. The van der Waals surface area contributed by atoms with Crippen LogP contribution in [0.4, 0.5) is 0 Å². The molecule has 0 spiro atoms. The molecule has 5 heteroatoms. The van der Waals surface area contributed by atoms with Gasteiger partial charge < -0.3 is 5.32 Å². The maximum absolute atomic E-state index is 11.7. The lowest BCUT2D eigenvalue weighted by atomic mass is 10.00. The predicted molar refractivity (Wildman–Crippen MR) is 63.1 cm³/mol. The highest BCUT2D eigenvalue weighted by Crippen LogP contribution is 2.28. The van der Waals surface area contributed by atoms with Crippen molar-refractivity contribution in [2.45, 2.75) is 32.4 Å². The van der Waals surface area contributed by atoms with E-state index in [0.29, 0.717) is 17.9 Å². The van der Waals surface area contributed by atoms with Crippen LogP contribution in [0.3, 0.4) is 0 Å². The minimum absolute atomic E-state index is 0.0608. The second-order valence-corrected chi connectivity index (χ2v) is 5.48. The molecule has 15 heavy (non-hydrogen) atoms. The van der Waals surface area contributed by atoms with Crippen molar-refractivity contribution in [3.63, 3.8) is 0 Å². The van der Waals surface area contributed by atoms with Crippen LogP contribution in [-0.2, 0) is 4.79 Å². The number of carbonyl (C=O) groups is 1. The van der Waals surface area contributed by atoms with Crippen molar-refractivity contribution in [3.8, 4) is 0 Å².